The number of carbonyl (C=O) groups is 2. The van der Waals surface area contributed by atoms with Crippen LogP contribution < -0.4 is 5.32 Å². The van der Waals surface area contributed by atoms with Crippen molar-refractivity contribution in [3.63, 3.8) is 0 Å². The van der Waals surface area contributed by atoms with Crippen LogP contribution >= 0.6 is 23.2 Å². The molecule has 0 aliphatic carbocycles. The number of hydrogen-bond acceptors (Lipinski definition) is 3. The SMILES string of the molecule is CC(=O)Nc1ccc(N=C/C(Cl)=C(/Cl)C(=O)O)cc1. The molecule has 0 aliphatic heterocycles. The predicted octanol–water partition coefficient (Wildman–Crippen LogP) is 3.12. The fraction of sp³-hybridized carbons (Fsp3) is 0.0833. The van der Waals surface area contributed by atoms with Crippen LogP contribution in [-0.2, 0) is 9.59 Å². The Hall–Kier alpha value is -1.85. The molecule has 1 aromatic rings. The van der Waals surface area contributed by atoms with Gasteiger partial charge in [0, 0.05) is 18.8 Å². The Bertz CT molecular complexity index is 551. The van der Waals surface area contributed by atoms with Gasteiger partial charge in [0.2, 0.25) is 5.91 Å². The van der Waals surface area contributed by atoms with E-state index in [1.165, 1.54) is 6.92 Å². The molecule has 0 spiro atoms. The van der Waals surface area contributed by atoms with E-state index in [4.69, 9.17) is 28.3 Å². The molecule has 0 heterocycles. The monoisotopic (exact) mass is 300 g/mol. The highest BCUT2D eigenvalue weighted by Crippen LogP contribution is 2.18. The summed E-state index contributed by atoms with van der Waals surface area (Å²) >= 11 is 11.1. The predicted molar refractivity (Wildman–Crippen MR) is 75.3 cm³/mol. The molecule has 0 radical (unpaired) electrons. The minimum absolute atomic E-state index is 0.167. The van der Waals surface area contributed by atoms with Crippen LogP contribution in [0.15, 0.2) is 39.3 Å². The van der Waals surface area contributed by atoms with Gasteiger partial charge in [-0.25, -0.2) is 4.79 Å². The first-order valence-corrected chi connectivity index (χ1v) is 5.86. The molecule has 0 aromatic heterocycles. The molecule has 7 heteroatoms. The fourth-order valence-corrected chi connectivity index (χ4v) is 1.30. The van der Waals surface area contributed by atoms with Crippen molar-refractivity contribution in [3.05, 3.63) is 34.3 Å². The van der Waals surface area contributed by atoms with E-state index in [0.717, 1.165) is 6.21 Å². The molecule has 0 saturated heterocycles. The van der Waals surface area contributed by atoms with Crippen molar-refractivity contribution < 1.29 is 14.7 Å². The molecule has 0 fully saturated rings. The van der Waals surface area contributed by atoms with Crippen molar-refractivity contribution in [3.8, 4) is 0 Å². The average Bonchev–Trinajstić information content (AvgIpc) is 2.35. The molecule has 0 atom stereocenters. The van der Waals surface area contributed by atoms with Crippen LogP contribution in [0.4, 0.5) is 11.4 Å². The largest absolute Gasteiger partial charge is 0.477 e. The molecular weight excluding hydrogens is 291 g/mol. The van der Waals surface area contributed by atoms with E-state index in [1.807, 2.05) is 0 Å². The molecule has 100 valence electrons. The van der Waals surface area contributed by atoms with Gasteiger partial charge in [0.25, 0.3) is 0 Å². The normalized spacial score (nSPS) is 12.2. The minimum Gasteiger partial charge on any atom is -0.477 e. The molecule has 1 amide bonds. The zero-order valence-electron chi connectivity index (χ0n) is 9.85. The van der Waals surface area contributed by atoms with Crippen LogP contribution in [0.3, 0.4) is 0 Å². The summed E-state index contributed by atoms with van der Waals surface area (Å²) in [6.07, 6.45) is 1.14. The number of aliphatic imine (C=N–C) groups is 1. The zero-order valence-corrected chi connectivity index (χ0v) is 11.4. The third-order valence-corrected chi connectivity index (χ3v) is 2.66. The molecule has 0 saturated carbocycles. The highest BCUT2D eigenvalue weighted by atomic mass is 35.5. The Balaban J connectivity index is 2.81. The number of carboxylic acids is 1. The van der Waals surface area contributed by atoms with Crippen LogP contribution in [0.5, 0.6) is 0 Å². The summed E-state index contributed by atoms with van der Waals surface area (Å²) in [4.78, 5) is 25.3. The van der Waals surface area contributed by atoms with Gasteiger partial charge >= 0.3 is 5.97 Å². The van der Waals surface area contributed by atoms with E-state index >= 15 is 0 Å². The van der Waals surface area contributed by atoms with E-state index in [0.29, 0.717) is 11.4 Å². The lowest BCUT2D eigenvalue weighted by Crippen LogP contribution is -2.04. The number of benzene rings is 1. The molecule has 2 N–H and O–H groups in total. The number of halogens is 2. The summed E-state index contributed by atoms with van der Waals surface area (Å²) in [5.74, 6) is -1.49. The Kier molecular flexibility index (Phi) is 5.54. The van der Waals surface area contributed by atoms with Crippen molar-refractivity contribution in [1.29, 1.82) is 0 Å². The Morgan fingerprint density at radius 3 is 2.32 bits per heavy atom. The van der Waals surface area contributed by atoms with Gasteiger partial charge in [0.1, 0.15) is 5.03 Å². The number of carboxylic acid groups (broad SMARTS) is 1. The minimum atomic E-state index is -1.32. The van der Waals surface area contributed by atoms with E-state index in [1.54, 1.807) is 24.3 Å². The maximum Gasteiger partial charge on any atom is 0.348 e. The van der Waals surface area contributed by atoms with Crippen LogP contribution in [0, 0.1) is 0 Å². The highest BCUT2D eigenvalue weighted by molar-refractivity contribution is 6.51. The van der Waals surface area contributed by atoms with Gasteiger partial charge in [-0.15, -0.1) is 0 Å². The Morgan fingerprint density at radius 2 is 1.84 bits per heavy atom. The molecule has 0 aliphatic rings. The van der Waals surface area contributed by atoms with E-state index in [2.05, 4.69) is 10.3 Å². The number of anilines is 1. The maximum atomic E-state index is 10.8. The summed E-state index contributed by atoms with van der Waals surface area (Å²) < 4.78 is 0. The van der Waals surface area contributed by atoms with Gasteiger partial charge in [-0.2, -0.15) is 0 Å². The fourth-order valence-electron chi connectivity index (χ4n) is 1.12. The van der Waals surface area contributed by atoms with Crippen LogP contribution in [0.25, 0.3) is 0 Å². The molecule has 0 bridgehead atoms. The molecular formula is C12H10Cl2N2O3. The third-order valence-electron chi connectivity index (χ3n) is 1.91. The van der Waals surface area contributed by atoms with Gasteiger partial charge in [0.05, 0.1) is 10.7 Å². The zero-order chi connectivity index (χ0) is 14.4. The Morgan fingerprint density at radius 1 is 1.26 bits per heavy atom. The summed E-state index contributed by atoms with van der Waals surface area (Å²) in [5, 5.41) is 10.5. The Labute approximate surface area is 119 Å². The van der Waals surface area contributed by atoms with Gasteiger partial charge in [-0.1, -0.05) is 23.2 Å². The van der Waals surface area contributed by atoms with Crippen molar-refractivity contribution in [2.45, 2.75) is 6.92 Å². The van der Waals surface area contributed by atoms with Gasteiger partial charge in [-0.05, 0) is 24.3 Å². The smallest absolute Gasteiger partial charge is 0.348 e. The second-order valence-electron chi connectivity index (χ2n) is 3.45. The van der Waals surface area contributed by atoms with Gasteiger partial charge in [-0.3, -0.25) is 9.79 Å². The van der Waals surface area contributed by atoms with E-state index in [-0.39, 0.29) is 10.9 Å². The summed E-state index contributed by atoms with van der Waals surface area (Å²) in [5.41, 5.74) is 1.18. The number of nitrogens with one attached hydrogen (secondary N) is 1. The number of hydrogen-bond donors (Lipinski definition) is 2. The highest BCUT2D eigenvalue weighted by Gasteiger charge is 2.07. The number of aliphatic carboxylic acids is 1. The van der Waals surface area contributed by atoms with Gasteiger partial charge < -0.3 is 10.4 Å². The first kappa shape index (κ1) is 15.2. The number of allylic oxidation sites excluding steroid dienone is 1. The second-order valence-corrected chi connectivity index (χ2v) is 4.24. The molecule has 0 unspecified atom stereocenters. The summed E-state index contributed by atoms with van der Waals surface area (Å²) in [6, 6.07) is 6.59. The molecule has 1 aromatic carbocycles. The van der Waals surface area contributed by atoms with Crippen molar-refractivity contribution >= 4 is 52.7 Å². The molecule has 1 rings (SSSR count). The molecule has 19 heavy (non-hydrogen) atoms. The topological polar surface area (TPSA) is 78.8 Å². The van der Waals surface area contributed by atoms with E-state index < -0.39 is 11.0 Å². The van der Waals surface area contributed by atoms with Crippen LogP contribution in [0.2, 0.25) is 0 Å². The number of carbonyl (C=O) groups excluding carboxylic acids is 1. The quantitative estimate of drug-likeness (QED) is 0.662. The third kappa shape index (κ3) is 5.11. The van der Waals surface area contributed by atoms with Crippen molar-refractivity contribution in [2.75, 3.05) is 5.32 Å². The summed E-state index contributed by atoms with van der Waals surface area (Å²) in [7, 11) is 0. The first-order valence-electron chi connectivity index (χ1n) is 5.10. The van der Waals surface area contributed by atoms with Crippen molar-refractivity contribution in [1.82, 2.24) is 0 Å². The number of rotatable bonds is 4. The lowest BCUT2D eigenvalue weighted by Gasteiger charge is -2.01. The molecule has 5 nitrogen and oxygen atoms in total. The average molecular weight is 301 g/mol. The lowest BCUT2D eigenvalue weighted by atomic mass is 10.3. The lowest BCUT2D eigenvalue weighted by molar-refractivity contribution is -0.131. The van der Waals surface area contributed by atoms with Crippen LogP contribution in [-0.4, -0.2) is 23.2 Å². The number of nitrogens with zero attached hydrogens (tertiary/aromatic N) is 1. The van der Waals surface area contributed by atoms with Crippen LogP contribution in [0.1, 0.15) is 6.92 Å². The second kappa shape index (κ2) is 6.92. The van der Waals surface area contributed by atoms with Gasteiger partial charge in [0.15, 0.2) is 0 Å². The van der Waals surface area contributed by atoms with E-state index in [9.17, 15) is 9.59 Å². The number of amides is 1. The van der Waals surface area contributed by atoms with Crippen molar-refractivity contribution in [2.24, 2.45) is 4.99 Å². The maximum absolute atomic E-state index is 10.8. The standard InChI is InChI=1S/C12H10Cl2N2O3/c1-7(17)16-9-4-2-8(3-5-9)15-6-10(13)11(14)12(18)19/h2-6H,1H3,(H,16,17)(H,18,19)/b11-10-,15-6?. The first-order chi connectivity index (χ1) is 8.90. The summed E-state index contributed by atoms with van der Waals surface area (Å²) in [6.45, 7) is 1.41.